The molecule has 4 heteroatoms. The van der Waals surface area contributed by atoms with Crippen LogP contribution in [0.4, 0.5) is 0 Å². The maximum absolute atomic E-state index is 11.3. The van der Waals surface area contributed by atoms with E-state index in [9.17, 15) is 9.59 Å². The molecule has 1 N–H and O–H groups in total. The smallest absolute Gasteiger partial charge is 0.305 e. The summed E-state index contributed by atoms with van der Waals surface area (Å²) in [5.74, 6) is -0.924. The van der Waals surface area contributed by atoms with Crippen LogP contribution in [0.3, 0.4) is 0 Å². The lowest BCUT2D eigenvalue weighted by molar-refractivity contribution is -0.142. The fraction of sp³-hybridized carbons (Fsp3) is 0.778. The molecule has 0 aliphatic rings. The summed E-state index contributed by atoms with van der Waals surface area (Å²) in [7, 11) is 1.63. The average Bonchev–Trinajstić information content (AvgIpc) is 1.99. The third kappa shape index (κ3) is 3.44. The summed E-state index contributed by atoms with van der Waals surface area (Å²) in [5, 5.41) is 8.61. The van der Waals surface area contributed by atoms with Gasteiger partial charge in [-0.05, 0) is 13.8 Å². The number of carbonyl (C=O) groups excluding carboxylic acids is 1. The van der Waals surface area contributed by atoms with Crippen LogP contribution in [0.25, 0.3) is 0 Å². The monoisotopic (exact) mass is 187 g/mol. The molecule has 0 aromatic heterocycles. The van der Waals surface area contributed by atoms with Crippen molar-refractivity contribution >= 4 is 11.9 Å². The number of carboxylic acids is 1. The number of carbonyl (C=O) groups is 2. The highest BCUT2D eigenvalue weighted by Gasteiger charge is 2.29. The zero-order chi connectivity index (χ0) is 10.6. The number of amides is 1. The van der Waals surface area contributed by atoms with Crippen LogP contribution in [0.2, 0.25) is 0 Å². The van der Waals surface area contributed by atoms with E-state index in [1.54, 1.807) is 27.8 Å². The summed E-state index contributed by atoms with van der Waals surface area (Å²) >= 11 is 0. The Labute approximate surface area is 78.5 Å². The first-order valence-corrected chi connectivity index (χ1v) is 4.29. The Balaban J connectivity index is 4.43. The average molecular weight is 187 g/mol. The van der Waals surface area contributed by atoms with Gasteiger partial charge in [-0.1, -0.05) is 6.92 Å². The van der Waals surface area contributed by atoms with Crippen LogP contribution >= 0.6 is 0 Å². The van der Waals surface area contributed by atoms with E-state index in [1.807, 2.05) is 0 Å². The number of hydrogen-bond acceptors (Lipinski definition) is 2. The molecule has 0 aliphatic carbocycles. The fourth-order valence-corrected chi connectivity index (χ4v) is 1.06. The molecule has 4 nitrogen and oxygen atoms in total. The minimum Gasteiger partial charge on any atom is -0.481 e. The van der Waals surface area contributed by atoms with Gasteiger partial charge in [-0.2, -0.15) is 0 Å². The van der Waals surface area contributed by atoms with Gasteiger partial charge in [0.05, 0.1) is 6.42 Å². The van der Waals surface area contributed by atoms with Crippen molar-refractivity contribution in [3.05, 3.63) is 0 Å². The van der Waals surface area contributed by atoms with Crippen LogP contribution in [-0.4, -0.2) is 34.5 Å². The molecule has 0 rings (SSSR count). The molecular weight excluding hydrogens is 170 g/mol. The second-order valence-electron chi connectivity index (χ2n) is 3.69. The first-order valence-electron chi connectivity index (χ1n) is 4.29. The van der Waals surface area contributed by atoms with Gasteiger partial charge in [-0.25, -0.2) is 0 Å². The highest BCUT2D eigenvalue weighted by molar-refractivity contribution is 5.77. The first-order chi connectivity index (χ1) is 5.81. The lowest BCUT2D eigenvalue weighted by atomic mass is 9.98. The Morgan fingerprint density at radius 3 is 2.15 bits per heavy atom. The van der Waals surface area contributed by atoms with E-state index in [0.717, 1.165) is 0 Å². The van der Waals surface area contributed by atoms with Crippen LogP contribution in [0.5, 0.6) is 0 Å². The predicted octanol–water partition coefficient (Wildman–Crippen LogP) is 1.11. The molecule has 76 valence electrons. The molecule has 0 aromatic carbocycles. The van der Waals surface area contributed by atoms with Crippen molar-refractivity contribution in [1.29, 1.82) is 0 Å². The molecule has 0 atom stereocenters. The van der Waals surface area contributed by atoms with E-state index in [-0.39, 0.29) is 12.3 Å². The SMILES string of the molecule is CCC(=O)N(C)C(C)(C)CC(=O)O. The van der Waals surface area contributed by atoms with Crippen molar-refractivity contribution in [2.24, 2.45) is 0 Å². The van der Waals surface area contributed by atoms with Gasteiger partial charge in [0.1, 0.15) is 0 Å². The van der Waals surface area contributed by atoms with E-state index in [1.165, 1.54) is 4.90 Å². The fourth-order valence-electron chi connectivity index (χ4n) is 1.06. The van der Waals surface area contributed by atoms with Crippen LogP contribution in [0, 0.1) is 0 Å². The zero-order valence-corrected chi connectivity index (χ0v) is 8.63. The van der Waals surface area contributed by atoms with Gasteiger partial charge >= 0.3 is 5.97 Å². The quantitative estimate of drug-likeness (QED) is 0.717. The molecule has 0 aromatic rings. The van der Waals surface area contributed by atoms with E-state index in [2.05, 4.69) is 0 Å². The minimum atomic E-state index is -0.888. The van der Waals surface area contributed by atoms with Gasteiger partial charge < -0.3 is 10.0 Å². The summed E-state index contributed by atoms with van der Waals surface area (Å²) in [6.45, 7) is 5.25. The van der Waals surface area contributed by atoms with Crippen molar-refractivity contribution in [2.75, 3.05) is 7.05 Å². The number of nitrogens with zero attached hydrogens (tertiary/aromatic N) is 1. The molecule has 0 bridgehead atoms. The Bertz CT molecular complexity index is 211. The Morgan fingerprint density at radius 1 is 1.38 bits per heavy atom. The Hall–Kier alpha value is -1.06. The number of aliphatic carboxylic acids is 1. The third-order valence-corrected chi connectivity index (χ3v) is 2.17. The van der Waals surface area contributed by atoms with Crippen LogP contribution in [0.1, 0.15) is 33.6 Å². The van der Waals surface area contributed by atoms with E-state index < -0.39 is 11.5 Å². The summed E-state index contributed by atoms with van der Waals surface area (Å²) in [5.41, 5.74) is -0.612. The normalized spacial score (nSPS) is 11.1. The molecule has 0 saturated carbocycles. The third-order valence-electron chi connectivity index (χ3n) is 2.17. The van der Waals surface area contributed by atoms with Gasteiger partial charge in [-0.3, -0.25) is 9.59 Å². The molecule has 0 unspecified atom stereocenters. The standard InChI is InChI=1S/C9H17NO3/c1-5-7(11)10(4)9(2,3)6-8(12)13/h5-6H2,1-4H3,(H,12,13). The lowest BCUT2D eigenvalue weighted by Crippen LogP contribution is -2.46. The topological polar surface area (TPSA) is 57.6 Å². The van der Waals surface area contributed by atoms with Crippen molar-refractivity contribution in [3.63, 3.8) is 0 Å². The van der Waals surface area contributed by atoms with Crippen LogP contribution in [0.15, 0.2) is 0 Å². The van der Waals surface area contributed by atoms with Crippen LogP contribution in [-0.2, 0) is 9.59 Å². The van der Waals surface area contributed by atoms with Crippen molar-refractivity contribution in [2.45, 2.75) is 39.2 Å². The summed E-state index contributed by atoms with van der Waals surface area (Å²) in [6, 6.07) is 0. The van der Waals surface area contributed by atoms with Crippen molar-refractivity contribution < 1.29 is 14.7 Å². The van der Waals surface area contributed by atoms with Gasteiger partial charge in [-0.15, -0.1) is 0 Å². The number of carboxylic acid groups (broad SMARTS) is 1. The van der Waals surface area contributed by atoms with Gasteiger partial charge in [0.15, 0.2) is 0 Å². The van der Waals surface area contributed by atoms with Crippen LogP contribution < -0.4 is 0 Å². The van der Waals surface area contributed by atoms with Gasteiger partial charge in [0, 0.05) is 19.0 Å². The van der Waals surface area contributed by atoms with Gasteiger partial charge in [0.2, 0.25) is 5.91 Å². The number of rotatable bonds is 4. The second-order valence-corrected chi connectivity index (χ2v) is 3.69. The van der Waals surface area contributed by atoms with Crippen molar-refractivity contribution in [1.82, 2.24) is 4.90 Å². The second kappa shape index (κ2) is 4.25. The minimum absolute atomic E-state index is 0.0325. The number of hydrogen-bond donors (Lipinski definition) is 1. The molecule has 0 aliphatic heterocycles. The zero-order valence-electron chi connectivity index (χ0n) is 8.63. The molecular formula is C9H17NO3. The lowest BCUT2D eigenvalue weighted by Gasteiger charge is -2.34. The Kier molecular flexibility index (Phi) is 3.91. The maximum atomic E-state index is 11.3. The summed E-state index contributed by atoms with van der Waals surface area (Å²) < 4.78 is 0. The van der Waals surface area contributed by atoms with E-state index >= 15 is 0 Å². The molecule has 13 heavy (non-hydrogen) atoms. The first kappa shape index (κ1) is 11.9. The highest BCUT2D eigenvalue weighted by atomic mass is 16.4. The summed E-state index contributed by atoms with van der Waals surface area (Å²) in [6.07, 6.45) is 0.370. The largest absolute Gasteiger partial charge is 0.481 e. The highest BCUT2D eigenvalue weighted by Crippen LogP contribution is 2.17. The molecule has 0 radical (unpaired) electrons. The Morgan fingerprint density at radius 2 is 1.85 bits per heavy atom. The molecule has 0 heterocycles. The predicted molar refractivity (Wildman–Crippen MR) is 49.4 cm³/mol. The molecule has 1 amide bonds. The maximum Gasteiger partial charge on any atom is 0.305 e. The molecule has 0 saturated heterocycles. The van der Waals surface area contributed by atoms with E-state index in [4.69, 9.17) is 5.11 Å². The molecule has 0 fully saturated rings. The molecule has 0 spiro atoms. The van der Waals surface area contributed by atoms with Crippen molar-refractivity contribution in [3.8, 4) is 0 Å². The van der Waals surface area contributed by atoms with Gasteiger partial charge in [0.25, 0.3) is 0 Å². The van der Waals surface area contributed by atoms with E-state index in [0.29, 0.717) is 6.42 Å². The summed E-state index contributed by atoms with van der Waals surface area (Å²) in [4.78, 5) is 23.3.